The van der Waals surface area contributed by atoms with Crippen molar-refractivity contribution in [2.24, 2.45) is 5.92 Å². The Labute approximate surface area is 157 Å². The summed E-state index contributed by atoms with van der Waals surface area (Å²) >= 11 is 1.55. The van der Waals surface area contributed by atoms with Crippen LogP contribution in [0.2, 0.25) is 0 Å². The molecule has 0 atom stereocenters. The molecule has 0 saturated carbocycles. The number of thiazole rings is 1. The summed E-state index contributed by atoms with van der Waals surface area (Å²) in [5.41, 5.74) is 1.87. The van der Waals surface area contributed by atoms with Crippen LogP contribution in [0.15, 0.2) is 24.5 Å². The molecule has 1 aliphatic heterocycles. The third-order valence-corrected chi connectivity index (χ3v) is 7.03. The van der Waals surface area contributed by atoms with Gasteiger partial charge in [-0.05, 0) is 31.9 Å². The molecule has 1 N–H and O–H groups in total. The number of rotatable bonds is 5. The fourth-order valence-electron chi connectivity index (χ4n) is 2.97. The van der Waals surface area contributed by atoms with E-state index in [4.69, 9.17) is 0 Å². The lowest BCUT2D eigenvalue weighted by Gasteiger charge is -2.29. The minimum Gasteiger partial charge on any atom is -0.351 e. The summed E-state index contributed by atoms with van der Waals surface area (Å²) in [6.45, 7) is 3.18. The zero-order valence-corrected chi connectivity index (χ0v) is 16.4. The highest BCUT2D eigenvalue weighted by Gasteiger charge is 2.28. The van der Waals surface area contributed by atoms with Gasteiger partial charge in [-0.2, -0.15) is 0 Å². The number of sulfonamides is 1. The Balaban J connectivity index is 1.56. The molecule has 0 aliphatic carbocycles. The van der Waals surface area contributed by atoms with E-state index in [0.29, 0.717) is 32.5 Å². The Kier molecular flexibility index (Phi) is 5.69. The Morgan fingerprint density at radius 1 is 1.38 bits per heavy atom. The SMILES string of the molecule is Cc1nc(-c2cccnc2)sc1CNC(=O)C1CCN(S(C)(=O)=O)CC1. The number of aryl methyl sites for hydroxylation is 1. The van der Waals surface area contributed by atoms with Crippen molar-refractivity contribution in [2.45, 2.75) is 26.3 Å². The summed E-state index contributed by atoms with van der Waals surface area (Å²) < 4.78 is 24.5. The average Bonchev–Trinajstić information content (AvgIpc) is 3.00. The van der Waals surface area contributed by atoms with E-state index in [9.17, 15) is 13.2 Å². The highest BCUT2D eigenvalue weighted by Crippen LogP contribution is 2.27. The van der Waals surface area contributed by atoms with Crippen LogP contribution in [0.25, 0.3) is 10.6 Å². The molecule has 0 radical (unpaired) electrons. The molecule has 2 aromatic rings. The average molecular weight is 395 g/mol. The molecule has 3 heterocycles. The fourth-order valence-corrected chi connectivity index (χ4v) is 4.83. The fraction of sp³-hybridized carbons (Fsp3) is 0.471. The number of carbonyl (C=O) groups is 1. The first-order valence-corrected chi connectivity index (χ1v) is 11.1. The molecule has 9 heteroatoms. The van der Waals surface area contributed by atoms with E-state index in [2.05, 4.69) is 15.3 Å². The Bertz CT molecular complexity index is 873. The van der Waals surface area contributed by atoms with E-state index >= 15 is 0 Å². The first-order valence-electron chi connectivity index (χ1n) is 8.44. The molecule has 1 saturated heterocycles. The van der Waals surface area contributed by atoms with E-state index in [0.717, 1.165) is 21.1 Å². The van der Waals surface area contributed by atoms with E-state index < -0.39 is 10.0 Å². The summed E-state index contributed by atoms with van der Waals surface area (Å²) in [7, 11) is -3.17. The molecule has 2 aromatic heterocycles. The van der Waals surface area contributed by atoms with Gasteiger partial charge in [-0.25, -0.2) is 17.7 Å². The lowest BCUT2D eigenvalue weighted by atomic mass is 9.97. The van der Waals surface area contributed by atoms with Crippen molar-refractivity contribution in [1.29, 1.82) is 0 Å². The maximum Gasteiger partial charge on any atom is 0.223 e. The van der Waals surface area contributed by atoms with E-state index in [1.165, 1.54) is 10.6 Å². The summed E-state index contributed by atoms with van der Waals surface area (Å²) in [5.74, 6) is -0.159. The number of pyridine rings is 1. The van der Waals surface area contributed by atoms with Gasteiger partial charge < -0.3 is 5.32 Å². The first-order chi connectivity index (χ1) is 12.3. The third-order valence-electron chi connectivity index (χ3n) is 4.52. The van der Waals surface area contributed by atoms with E-state index in [1.54, 1.807) is 23.7 Å². The normalized spacial score (nSPS) is 16.5. The van der Waals surface area contributed by atoms with Crippen LogP contribution in [0.1, 0.15) is 23.4 Å². The second-order valence-corrected chi connectivity index (χ2v) is 9.49. The van der Waals surface area contributed by atoms with Gasteiger partial charge in [0.05, 0.1) is 18.5 Å². The predicted molar refractivity (Wildman–Crippen MR) is 101 cm³/mol. The minimum atomic E-state index is -3.17. The molecule has 26 heavy (non-hydrogen) atoms. The summed E-state index contributed by atoms with van der Waals surface area (Å²) in [6.07, 6.45) is 5.82. The quantitative estimate of drug-likeness (QED) is 0.835. The molecule has 1 amide bonds. The van der Waals surface area contributed by atoms with Crippen molar-refractivity contribution in [3.8, 4) is 10.6 Å². The molecule has 1 aliphatic rings. The Morgan fingerprint density at radius 2 is 2.12 bits per heavy atom. The minimum absolute atomic E-state index is 0.0196. The van der Waals surface area contributed by atoms with Crippen LogP contribution < -0.4 is 5.32 Å². The predicted octanol–water partition coefficient (Wildman–Crippen LogP) is 1.80. The topological polar surface area (TPSA) is 92.3 Å². The van der Waals surface area contributed by atoms with Crippen LogP contribution in [-0.2, 0) is 21.4 Å². The second-order valence-electron chi connectivity index (χ2n) is 6.42. The number of piperidine rings is 1. The van der Waals surface area contributed by atoms with Gasteiger partial charge in [0.25, 0.3) is 0 Å². The number of nitrogens with one attached hydrogen (secondary N) is 1. The molecule has 0 unspecified atom stereocenters. The van der Waals surface area contributed by atoms with Gasteiger partial charge in [-0.15, -0.1) is 11.3 Å². The first kappa shape index (κ1) is 18.9. The van der Waals surface area contributed by atoms with Gasteiger partial charge in [0, 0.05) is 41.8 Å². The molecular weight excluding hydrogens is 372 g/mol. The van der Waals surface area contributed by atoms with Crippen LogP contribution in [0, 0.1) is 12.8 Å². The summed E-state index contributed by atoms with van der Waals surface area (Å²) in [5, 5.41) is 3.87. The summed E-state index contributed by atoms with van der Waals surface area (Å²) in [4.78, 5) is 22.1. The molecule has 7 nitrogen and oxygen atoms in total. The number of aromatic nitrogens is 2. The van der Waals surface area contributed by atoms with Crippen molar-refractivity contribution in [3.05, 3.63) is 35.1 Å². The van der Waals surface area contributed by atoms with Crippen LogP contribution in [0.4, 0.5) is 0 Å². The summed E-state index contributed by atoms with van der Waals surface area (Å²) in [6, 6.07) is 3.83. The van der Waals surface area contributed by atoms with Crippen LogP contribution in [0.3, 0.4) is 0 Å². The highest BCUT2D eigenvalue weighted by atomic mass is 32.2. The van der Waals surface area contributed by atoms with Crippen molar-refractivity contribution in [1.82, 2.24) is 19.6 Å². The number of amides is 1. The van der Waals surface area contributed by atoms with Gasteiger partial charge in [-0.3, -0.25) is 9.78 Å². The van der Waals surface area contributed by atoms with Crippen LogP contribution in [-0.4, -0.2) is 47.9 Å². The van der Waals surface area contributed by atoms with E-state index in [1.807, 2.05) is 19.1 Å². The zero-order valence-electron chi connectivity index (χ0n) is 14.8. The number of hydrogen-bond acceptors (Lipinski definition) is 6. The van der Waals surface area contributed by atoms with Crippen molar-refractivity contribution in [2.75, 3.05) is 19.3 Å². The molecule has 0 bridgehead atoms. The molecule has 3 rings (SSSR count). The number of nitrogens with zero attached hydrogens (tertiary/aromatic N) is 3. The molecular formula is C17H22N4O3S2. The maximum absolute atomic E-state index is 12.4. The van der Waals surface area contributed by atoms with Gasteiger partial charge in [-0.1, -0.05) is 0 Å². The van der Waals surface area contributed by atoms with Gasteiger partial charge in [0.1, 0.15) is 5.01 Å². The van der Waals surface area contributed by atoms with Crippen molar-refractivity contribution < 1.29 is 13.2 Å². The molecule has 140 valence electrons. The van der Waals surface area contributed by atoms with E-state index in [-0.39, 0.29) is 11.8 Å². The van der Waals surface area contributed by atoms with Crippen LogP contribution in [0.5, 0.6) is 0 Å². The second kappa shape index (κ2) is 7.81. The molecule has 0 aromatic carbocycles. The van der Waals surface area contributed by atoms with Gasteiger partial charge >= 0.3 is 0 Å². The lowest BCUT2D eigenvalue weighted by molar-refractivity contribution is -0.126. The standard InChI is InChI=1S/C17H22N4O3S2/c1-12-15(25-17(20-12)14-4-3-7-18-10-14)11-19-16(22)13-5-8-21(9-6-13)26(2,23)24/h3-4,7,10,13H,5-6,8-9,11H2,1-2H3,(H,19,22). The van der Waals surface area contributed by atoms with Gasteiger partial charge in [0.2, 0.25) is 15.9 Å². The smallest absolute Gasteiger partial charge is 0.223 e. The Hall–Kier alpha value is -1.84. The highest BCUT2D eigenvalue weighted by molar-refractivity contribution is 7.88. The largest absolute Gasteiger partial charge is 0.351 e. The van der Waals surface area contributed by atoms with Crippen molar-refractivity contribution >= 4 is 27.3 Å². The number of carbonyl (C=O) groups excluding carboxylic acids is 1. The number of hydrogen-bond donors (Lipinski definition) is 1. The third kappa shape index (κ3) is 4.46. The Morgan fingerprint density at radius 3 is 2.73 bits per heavy atom. The monoisotopic (exact) mass is 394 g/mol. The van der Waals surface area contributed by atoms with Gasteiger partial charge in [0.15, 0.2) is 0 Å². The van der Waals surface area contributed by atoms with Crippen LogP contribution >= 0.6 is 11.3 Å². The molecule has 1 fully saturated rings. The molecule has 0 spiro atoms. The zero-order chi connectivity index (χ0) is 18.7. The maximum atomic E-state index is 12.4. The van der Waals surface area contributed by atoms with Crippen molar-refractivity contribution in [3.63, 3.8) is 0 Å². The lowest BCUT2D eigenvalue weighted by Crippen LogP contribution is -2.42.